The van der Waals surface area contributed by atoms with Crippen LogP contribution in [0.15, 0.2) is 134 Å². The van der Waals surface area contributed by atoms with Crippen LogP contribution in [0, 0.1) is 0 Å². The van der Waals surface area contributed by atoms with Gasteiger partial charge in [0, 0.05) is 12.8 Å². The van der Waals surface area contributed by atoms with Gasteiger partial charge in [-0.3, -0.25) is 14.4 Å². The summed E-state index contributed by atoms with van der Waals surface area (Å²) in [6.07, 6.45) is 78.9. The van der Waals surface area contributed by atoms with Gasteiger partial charge in [0.2, 0.25) is 0 Å². The van der Waals surface area contributed by atoms with Crippen molar-refractivity contribution in [3.63, 3.8) is 0 Å². The molecule has 0 amide bonds. The summed E-state index contributed by atoms with van der Waals surface area (Å²) in [5.74, 6) is -1.10. The van der Waals surface area contributed by atoms with Crippen molar-refractivity contribution in [2.24, 2.45) is 0 Å². The quantitative estimate of drug-likeness (QED) is 0.0262. The summed E-state index contributed by atoms with van der Waals surface area (Å²) in [7, 11) is 0. The maximum absolute atomic E-state index is 12.8. The van der Waals surface area contributed by atoms with E-state index in [1.54, 1.807) is 6.08 Å². The summed E-state index contributed by atoms with van der Waals surface area (Å²) in [5.41, 5.74) is 0. The van der Waals surface area contributed by atoms with Crippen molar-refractivity contribution in [3.05, 3.63) is 134 Å². The van der Waals surface area contributed by atoms with Crippen LogP contribution < -0.4 is 0 Å². The molecule has 69 heavy (non-hydrogen) atoms. The van der Waals surface area contributed by atoms with Gasteiger partial charge < -0.3 is 14.2 Å². The molecule has 0 aromatic rings. The van der Waals surface area contributed by atoms with E-state index < -0.39 is 12.1 Å². The minimum atomic E-state index is -0.850. The zero-order valence-corrected chi connectivity index (χ0v) is 44.3. The van der Waals surface area contributed by atoms with E-state index in [0.717, 1.165) is 128 Å². The number of esters is 3. The van der Waals surface area contributed by atoms with Crippen LogP contribution in [0.3, 0.4) is 0 Å². The van der Waals surface area contributed by atoms with E-state index in [2.05, 4.69) is 142 Å². The molecule has 0 N–H and O–H groups in total. The van der Waals surface area contributed by atoms with E-state index in [9.17, 15) is 14.4 Å². The molecule has 0 aliphatic carbocycles. The third-order valence-electron chi connectivity index (χ3n) is 11.2. The highest BCUT2D eigenvalue weighted by Crippen LogP contribution is 2.12. The molecule has 6 heteroatoms. The molecular formula is C63H100O6. The van der Waals surface area contributed by atoms with E-state index in [0.29, 0.717) is 19.3 Å². The van der Waals surface area contributed by atoms with Gasteiger partial charge in [-0.2, -0.15) is 0 Å². The Balaban J connectivity index is 4.54. The fourth-order valence-corrected chi connectivity index (χ4v) is 7.07. The summed E-state index contributed by atoms with van der Waals surface area (Å²) in [4.78, 5) is 38.0. The van der Waals surface area contributed by atoms with E-state index in [1.807, 2.05) is 6.08 Å². The number of allylic oxidation sites excluding steroid dienone is 21. The van der Waals surface area contributed by atoms with E-state index in [4.69, 9.17) is 14.2 Å². The molecule has 0 saturated heterocycles. The summed E-state index contributed by atoms with van der Waals surface area (Å²) in [6.45, 7) is 6.28. The monoisotopic (exact) mass is 953 g/mol. The topological polar surface area (TPSA) is 78.9 Å². The van der Waals surface area contributed by atoms with E-state index >= 15 is 0 Å². The zero-order chi connectivity index (χ0) is 50.0. The Labute approximate surface area is 424 Å². The third-order valence-corrected chi connectivity index (χ3v) is 11.2. The third kappa shape index (κ3) is 54.4. The van der Waals surface area contributed by atoms with Crippen LogP contribution >= 0.6 is 0 Å². The second-order valence-electron chi connectivity index (χ2n) is 17.7. The minimum Gasteiger partial charge on any atom is -0.462 e. The molecule has 0 radical (unpaired) electrons. The molecule has 388 valence electrons. The van der Waals surface area contributed by atoms with Gasteiger partial charge in [0.15, 0.2) is 6.10 Å². The molecule has 0 aliphatic heterocycles. The molecule has 1 unspecified atom stereocenters. The van der Waals surface area contributed by atoms with Crippen molar-refractivity contribution in [3.8, 4) is 0 Å². The molecule has 0 aromatic heterocycles. The highest BCUT2D eigenvalue weighted by Gasteiger charge is 2.19. The van der Waals surface area contributed by atoms with Gasteiger partial charge in [0.1, 0.15) is 13.2 Å². The molecule has 0 rings (SSSR count). The minimum absolute atomic E-state index is 0.0841. The number of rotatable bonds is 48. The van der Waals surface area contributed by atoms with Gasteiger partial charge in [-0.1, -0.05) is 225 Å². The predicted molar refractivity (Wildman–Crippen MR) is 297 cm³/mol. The molecule has 0 bridgehead atoms. The number of carbonyl (C=O) groups excluding carboxylic acids is 3. The van der Waals surface area contributed by atoms with Gasteiger partial charge in [0.05, 0.1) is 6.42 Å². The van der Waals surface area contributed by atoms with E-state index in [-0.39, 0.29) is 31.6 Å². The lowest BCUT2D eigenvalue weighted by Crippen LogP contribution is -2.30. The Bertz CT molecular complexity index is 1510. The summed E-state index contributed by atoms with van der Waals surface area (Å²) >= 11 is 0. The summed E-state index contributed by atoms with van der Waals surface area (Å²) in [6, 6.07) is 0. The fourth-order valence-electron chi connectivity index (χ4n) is 7.07. The molecule has 0 saturated carbocycles. The van der Waals surface area contributed by atoms with Crippen LogP contribution in [0.4, 0.5) is 0 Å². The first-order valence-corrected chi connectivity index (χ1v) is 27.7. The first-order valence-electron chi connectivity index (χ1n) is 27.7. The van der Waals surface area contributed by atoms with Crippen LogP contribution in [0.25, 0.3) is 0 Å². The van der Waals surface area contributed by atoms with Gasteiger partial charge in [-0.05, 0) is 116 Å². The molecule has 0 aliphatic rings. The number of carbonyl (C=O) groups is 3. The summed E-state index contributed by atoms with van der Waals surface area (Å²) < 4.78 is 16.7. The Morgan fingerprint density at radius 2 is 0.609 bits per heavy atom. The highest BCUT2D eigenvalue weighted by molar-refractivity contribution is 5.72. The van der Waals surface area contributed by atoms with Crippen molar-refractivity contribution in [1.29, 1.82) is 0 Å². The van der Waals surface area contributed by atoms with Gasteiger partial charge in [-0.15, -0.1) is 0 Å². The van der Waals surface area contributed by atoms with Gasteiger partial charge in [0.25, 0.3) is 0 Å². The molecular weight excluding hydrogens is 853 g/mol. The van der Waals surface area contributed by atoms with Crippen molar-refractivity contribution >= 4 is 17.9 Å². The number of hydrogen-bond donors (Lipinski definition) is 0. The van der Waals surface area contributed by atoms with Crippen molar-refractivity contribution in [1.82, 2.24) is 0 Å². The first kappa shape index (κ1) is 64.5. The largest absolute Gasteiger partial charge is 0.462 e. The smallest absolute Gasteiger partial charge is 0.310 e. The van der Waals surface area contributed by atoms with Crippen LogP contribution in [0.1, 0.15) is 226 Å². The highest BCUT2D eigenvalue weighted by atomic mass is 16.6. The fraction of sp³-hybridized carbons (Fsp3) is 0.603. The van der Waals surface area contributed by atoms with Crippen molar-refractivity contribution in [2.45, 2.75) is 232 Å². The Morgan fingerprint density at radius 1 is 0.319 bits per heavy atom. The average Bonchev–Trinajstić information content (AvgIpc) is 3.35. The maximum Gasteiger partial charge on any atom is 0.310 e. The molecule has 6 nitrogen and oxygen atoms in total. The molecule has 0 fully saturated rings. The Kier molecular flexibility index (Phi) is 52.5. The van der Waals surface area contributed by atoms with Gasteiger partial charge >= 0.3 is 17.9 Å². The summed E-state index contributed by atoms with van der Waals surface area (Å²) in [5, 5.41) is 0. The number of ether oxygens (including phenoxy) is 3. The van der Waals surface area contributed by atoms with Crippen LogP contribution in [0.2, 0.25) is 0 Å². The normalized spacial score (nSPS) is 13.1. The SMILES string of the molecule is CC/C=C\C/C=C\C/C=C\C/C=C\C/C=C\CC(=O)OC(COC(=O)CCCCCCC/C=C\C/C=C\C/C=C\CC)COC(=O)CCCCCCCC/C=C\C/C=C\C/C=C\CCCCCCC. The molecule has 0 heterocycles. The second kappa shape index (κ2) is 56.1. The average molecular weight is 953 g/mol. The Hall–Kier alpha value is -4.45. The van der Waals surface area contributed by atoms with Gasteiger partial charge in [-0.25, -0.2) is 0 Å². The van der Waals surface area contributed by atoms with Crippen molar-refractivity contribution in [2.75, 3.05) is 13.2 Å². The lowest BCUT2D eigenvalue weighted by Gasteiger charge is -2.18. The number of unbranched alkanes of at least 4 members (excludes halogenated alkanes) is 16. The second-order valence-corrected chi connectivity index (χ2v) is 17.7. The zero-order valence-electron chi connectivity index (χ0n) is 44.3. The Morgan fingerprint density at radius 3 is 0.957 bits per heavy atom. The predicted octanol–water partition coefficient (Wildman–Crippen LogP) is 18.6. The maximum atomic E-state index is 12.8. The molecule has 0 spiro atoms. The lowest BCUT2D eigenvalue weighted by molar-refractivity contribution is -0.166. The van der Waals surface area contributed by atoms with Crippen LogP contribution in [-0.4, -0.2) is 37.2 Å². The first-order chi connectivity index (χ1) is 34.0. The molecule has 0 aromatic carbocycles. The van der Waals surface area contributed by atoms with Crippen LogP contribution in [-0.2, 0) is 28.6 Å². The van der Waals surface area contributed by atoms with E-state index in [1.165, 1.54) is 51.4 Å². The lowest BCUT2D eigenvalue weighted by atomic mass is 10.1. The standard InChI is InChI=1S/C63H100O6/c1-4-7-10-13-16-19-22-25-28-29-30-31-32-33-36-38-41-44-47-50-53-56-62(65)68-59-60(69-63(66)57-54-51-48-45-42-39-35-27-24-21-18-15-12-9-6-3)58-67-61(64)55-52-49-46-43-40-37-34-26-23-20-17-14-11-8-5-2/h8-9,11-12,17-18,20-22,25-27,29-30,32-35,42,45,51,54,60H,4-7,10,13-16,19,23-24,28,31,36-41,43-44,46-50,52-53,55-59H2,1-3H3/b11-8-,12-9-,20-17-,21-18-,25-22-,30-29-,33-32-,34-26-,35-27-,45-42-,54-51-. The van der Waals surface area contributed by atoms with Crippen molar-refractivity contribution < 1.29 is 28.6 Å². The molecule has 1 atom stereocenters. The number of hydrogen-bond acceptors (Lipinski definition) is 6. The van der Waals surface area contributed by atoms with Crippen LogP contribution in [0.5, 0.6) is 0 Å².